The molecular formula is C28H24FN3O4. The molecule has 1 aliphatic rings. The lowest BCUT2D eigenvalue weighted by molar-refractivity contribution is -0.140. The smallest absolute Gasteiger partial charge is 0.338 e. The van der Waals surface area contributed by atoms with Crippen LogP contribution < -0.4 is 15.4 Å². The number of halogens is 1. The fraction of sp³-hybridized carbons (Fsp3) is 0.179. The number of urea groups is 1. The Bertz CT molecular complexity index is 1350. The van der Waals surface area contributed by atoms with Gasteiger partial charge in [-0.3, -0.25) is 0 Å². The summed E-state index contributed by atoms with van der Waals surface area (Å²) in [4.78, 5) is 25.9. The van der Waals surface area contributed by atoms with E-state index in [4.69, 9.17) is 14.7 Å². The Kier molecular flexibility index (Phi) is 7.61. The van der Waals surface area contributed by atoms with Gasteiger partial charge in [0.05, 0.1) is 30.4 Å². The number of nitriles is 1. The molecule has 2 N–H and O–H groups in total. The van der Waals surface area contributed by atoms with Crippen LogP contribution in [-0.4, -0.2) is 19.1 Å². The van der Waals surface area contributed by atoms with E-state index in [0.29, 0.717) is 41.0 Å². The summed E-state index contributed by atoms with van der Waals surface area (Å²) in [5.74, 6) is -0.346. The number of ether oxygens (including phenoxy) is 2. The second kappa shape index (κ2) is 11.2. The maximum Gasteiger partial charge on any atom is 0.338 e. The highest BCUT2D eigenvalue weighted by Crippen LogP contribution is 2.30. The number of amides is 2. The van der Waals surface area contributed by atoms with Crippen LogP contribution in [0.1, 0.15) is 34.7 Å². The Morgan fingerprint density at radius 3 is 2.53 bits per heavy atom. The summed E-state index contributed by atoms with van der Waals surface area (Å²) in [6.45, 7) is -0.0505. The quantitative estimate of drug-likeness (QED) is 0.451. The van der Waals surface area contributed by atoms with E-state index in [1.54, 1.807) is 31.4 Å². The summed E-state index contributed by atoms with van der Waals surface area (Å²) in [6, 6.07) is 20.7. The van der Waals surface area contributed by atoms with Crippen molar-refractivity contribution in [2.24, 2.45) is 0 Å². The van der Waals surface area contributed by atoms with Crippen LogP contribution >= 0.6 is 0 Å². The molecule has 1 unspecified atom stereocenters. The number of methoxy groups -OCH3 is 1. The summed E-state index contributed by atoms with van der Waals surface area (Å²) < 4.78 is 24.5. The molecule has 182 valence electrons. The van der Waals surface area contributed by atoms with E-state index in [1.165, 1.54) is 24.3 Å². The minimum absolute atomic E-state index is 0.0505. The first kappa shape index (κ1) is 24.5. The number of aryl methyl sites for hydroxylation is 1. The van der Waals surface area contributed by atoms with Gasteiger partial charge in [0.1, 0.15) is 18.2 Å². The highest BCUT2D eigenvalue weighted by molar-refractivity contribution is 5.95. The fourth-order valence-electron chi connectivity index (χ4n) is 4.02. The van der Waals surface area contributed by atoms with Crippen molar-refractivity contribution in [1.29, 1.82) is 5.26 Å². The molecule has 0 spiro atoms. The third-order valence-electron chi connectivity index (χ3n) is 5.80. The van der Waals surface area contributed by atoms with Crippen LogP contribution in [0.2, 0.25) is 0 Å². The van der Waals surface area contributed by atoms with Gasteiger partial charge in [-0.05, 0) is 65.9 Å². The van der Waals surface area contributed by atoms with E-state index in [-0.39, 0.29) is 12.2 Å². The van der Waals surface area contributed by atoms with Crippen molar-refractivity contribution in [1.82, 2.24) is 10.6 Å². The van der Waals surface area contributed by atoms with E-state index in [2.05, 4.69) is 16.7 Å². The van der Waals surface area contributed by atoms with Crippen molar-refractivity contribution >= 4 is 12.0 Å². The number of allylic oxidation sites excluding steroid dienone is 1. The number of benzene rings is 3. The lowest BCUT2D eigenvalue weighted by atomic mass is 9.93. The Balaban J connectivity index is 1.64. The summed E-state index contributed by atoms with van der Waals surface area (Å²) >= 11 is 0. The van der Waals surface area contributed by atoms with Gasteiger partial charge in [-0.25, -0.2) is 14.0 Å². The first-order valence-corrected chi connectivity index (χ1v) is 11.3. The van der Waals surface area contributed by atoms with E-state index in [0.717, 1.165) is 5.56 Å². The average Bonchev–Trinajstić information content (AvgIpc) is 2.91. The molecule has 1 aliphatic heterocycles. The van der Waals surface area contributed by atoms with Gasteiger partial charge in [0.15, 0.2) is 0 Å². The summed E-state index contributed by atoms with van der Waals surface area (Å²) in [5.41, 5.74) is 3.29. The number of hydrogen-bond acceptors (Lipinski definition) is 5. The van der Waals surface area contributed by atoms with Crippen molar-refractivity contribution in [2.45, 2.75) is 25.5 Å². The molecule has 0 bridgehead atoms. The summed E-state index contributed by atoms with van der Waals surface area (Å²) in [7, 11) is 1.59. The van der Waals surface area contributed by atoms with Gasteiger partial charge in [-0.2, -0.15) is 5.26 Å². The Hall–Kier alpha value is -4.64. The maximum atomic E-state index is 13.6. The topological polar surface area (TPSA) is 100 Å². The van der Waals surface area contributed by atoms with Gasteiger partial charge in [0.2, 0.25) is 0 Å². The monoisotopic (exact) mass is 485 g/mol. The van der Waals surface area contributed by atoms with E-state index >= 15 is 0 Å². The zero-order valence-corrected chi connectivity index (χ0v) is 19.6. The number of carbonyl (C=O) groups excluding carboxylic acids is 2. The lowest BCUT2D eigenvalue weighted by Gasteiger charge is -2.29. The number of rotatable bonds is 8. The van der Waals surface area contributed by atoms with E-state index in [9.17, 15) is 14.0 Å². The number of hydrogen-bond donors (Lipinski definition) is 2. The maximum absolute atomic E-state index is 13.6. The average molecular weight is 486 g/mol. The number of carbonyl (C=O) groups is 2. The van der Waals surface area contributed by atoms with Crippen LogP contribution in [0.4, 0.5) is 9.18 Å². The Morgan fingerprint density at radius 2 is 1.78 bits per heavy atom. The first-order chi connectivity index (χ1) is 17.5. The number of nitrogens with zero attached hydrogens (tertiary/aromatic N) is 1. The summed E-state index contributed by atoms with van der Waals surface area (Å²) in [5, 5.41) is 14.6. The van der Waals surface area contributed by atoms with Crippen LogP contribution in [0.5, 0.6) is 5.75 Å². The first-order valence-electron chi connectivity index (χ1n) is 11.3. The van der Waals surface area contributed by atoms with Gasteiger partial charge < -0.3 is 20.1 Å². The molecule has 0 fully saturated rings. The van der Waals surface area contributed by atoms with Gasteiger partial charge in [-0.15, -0.1) is 0 Å². The highest BCUT2D eigenvalue weighted by atomic mass is 19.1. The Morgan fingerprint density at radius 1 is 1.03 bits per heavy atom. The van der Waals surface area contributed by atoms with Crippen LogP contribution in [0.25, 0.3) is 0 Å². The molecule has 2 amide bonds. The molecule has 0 saturated carbocycles. The molecule has 36 heavy (non-hydrogen) atoms. The predicted octanol–water partition coefficient (Wildman–Crippen LogP) is 4.69. The third-order valence-corrected chi connectivity index (χ3v) is 5.80. The number of esters is 1. The van der Waals surface area contributed by atoms with Gasteiger partial charge >= 0.3 is 12.0 Å². The molecule has 4 rings (SSSR count). The molecule has 1 atom stereocenters. The van der Waals surface area contributed by atoms with E-state index in [1.807, 2.05) is 24.3 Å². The molecule has 7 nitrogen and oxygen atoms in total. The molecular weight excluding hydrogens is 461 g/mol. The lowest BCUT2D eigenvalue weighted by Crippen LogP contribution is -2.46. The molecule has 0 saturated heterocycles. The molecule has 1 heterocycles. The molecule has 8 heteroatoms. The second-order valence-electron chi connectivity index (χ2n) is 8.22. The van der Waals surface area contributed by atoms with Crippen molar-refractivity contribution in [2.75, 3.05) is 7.11 Å². The van der Waals surface area contributed by atoms with Crippen molar-refractivity contribution in [3.63, 3.8) is 0 Å². The van der Waals surface area contributed by atoms with Crippen LogP contribution in [0.3, 0.4) is 0 Å². The zero-order valence-electron chi connectivity index (χ0n) is 19.6. The van der Waals surface area contributed by atoms with Crippen molar-refractivity contribution < 1.29 is 23.5 Å². The largest absolute Gasteiger partial charge is 0.497 e. The van der Waals surface area contributed by atoms with Gasteiger partial charge in [-0.1, -0.05) is 36.4 Å². The highest BCUT2D eigenvalue weighted by Gasteiger charge is 2.33. The standard InChI is InChI=1S/C28H24FN3O4/c1-35-23-7-3-4-18(15-23)8-13-24-25(27(33)36-17-20-6-2-5-19(14-20)16-30)26(32-28(34)31-24)21-9-11-22(29)12-10-21/h2-7,9-12,14-15,26H,8,13,17H2,1H3,(H2,31,32,34). The molecule has 3 aromatic rings. The minimum atomic E-state index is -0.822. The van der Waals surface area contributed by atoms with Crippen molar-refractivity contribution in [3.05, 3.63) is 112 Å². The Labute approximate surface area is 208 Å². The predicted molar refractivity (Wildman–Crippen MR) is 130 cm³/mol. The van der Waals surface area contributed by atoms with Crippen LogP contribution in [0, 0.1) is 17.1 Å². The SMILES string of the molecule is COc1cccc(CCC2=C(C(=O)OCc3cccc(C#N)c3)C(c3ccc(F)cc3)NC(=O)N2)c1. The molecule has 0 aliphatic carbocycles. The van der Waals surface area contributed by atoms with Crippen LogP contribution in [-0.2, 0) is 22.6 Å². The van der Waals surface area contributed by atoms with Gasteiger partial charge in [0.25, 0.3) is 0 Å². The fourth-order valence-corrected chi connectivity index (χ4v) is 4.02. The molecule has 0 radical (unpaired) electrons. The van der Waals surface area contributed by atoms with E-state index < -0.39 is 23.9 Å². The zero-order chi connectivity index (χ0) is 25.5. The summed E-state index contributed by atoms with van der Waals surface area (Å²) in [6.07, 6.45) is 0.885. The molecule has 0 aromatic heterocycles. The van der Waals surface area contributed by atoms with Gasteiger partial charge in [0, 0.05) is 5.70 Å². The minimum Gasteiger partial charge on any atom is -0.497 e. The number of nitrogens with one attached hydrogen (secondary N) is 2. The molecule has 3 aromatic carbocycles. The second-order valence-corrected chi connectivity index (χ2v) is 8.22. The normalized spacial score (nSPS) is 14.9. The van der Waals surface area contributed by atoms with Crippen molar-refractivity contribution in [3.8, 4) is 11.8 Å². The third kappa shape index (κ3) is 5.88. The van der Waals surface area contributed by atoms with Crippen LogP contribution in [0.15, 0.2) is 84.1 Å².